The molecule has 20 heavy (non-hydrogen) atoms. The molecule has 0 saturated carbocycles. The van der Waals surface area contributed by atoms with Crippen molar-refractivity contribution in [2.75, 3.05) is 6.54 Å². The van der Waals surface area contributed by atoms with Crippen LogP contribution in [0.3, 0.4) is 0 Å². The minimum Gasteiger partial charge on any atom is -0.310 e. The monoisotopic (exact) mass is 291 g/mol. The first-order valence-corrected chi connectivity index (χ1v) is 7.22. The van der Waals surface area contributed by atoms with E-state index in [9.17, 15) is 4.39 Å². The molecule has 2 aromatic carbocycles. The smallest absolute Gasteiger partial charge is 0.126 e. The van der Waals surface area contributed by atoms with Gasteiger partial charge in [0.15, 0.2) is 0 Å². The molecule has 0 spiro atoms. The maximum Gasteiger partial charge on any atom is 0.126 e. The van der Waals surface area contributed by atoms with Gasteiger partial charge in [-0.15, -0.1) is 0 Å². The van der Waals surface area contributed by atoms with Gasteiger partial charge in [0.05, 0.1) is 0 Å². The maximum atomic E-state index is 13.7. The summed E-state index contributed by atoms with van der Waals surface area (Å²) in [7, 11) is 0. The number of likely N-dealkylation sites (N-methyl/N-ethyl adjacent to an activating group) is 1. The molecular weight excluding hydrogens is 273 g/mol. The summed E-state index contributed by atoms with van der Waals surface area (Å²) in [5.41, 5.74) is 2.83. The number of halogens is 2. The third-order valence-electron chi connectivity index (χ3n) is 3.40. The highest BCUT2D eigenvalue weighted by molar-refractivity contribution is 6.30. The molecule has 0 aromatic heterocycles. The van der Waals surface area contributed by atoms with E-state index >= 15 is 0 Å². The van der Waals surface area contributed by atoms with Crippen molar-refractivity contribution in [1.29, 1.82) is 0 Å². The van der Waals surface area contributed by atoms with Gasteiger partial charge in [0.25, 0.3) is 0 Å². The number of aryl methyl sites for hydroxylation is 1. The van der Waals surface area contributed by atoms with Crippen LogP contribution in [-0.2, 0) is 6.42 Å². The quantitative estimate of drug-likeness (QED) is 0.843. The van der Waals surface area contributed by atoms with Gasteiger partial charge >= 0.3 is 0 Å². The van der Waals surface area contributed by atoms with Gasteiger partial charge in [-0.25, -0.2) is 4.39 Å². The normalized spacial score (nSPS) is 12.4. The second kappa shape index (κ2) is 6.87. The molecule has 0 aliphatic carbocycles. The molecule has 0 fully saturated rings. The van der Waals surface area contributed by atoms with Crippen molar-refractivity contribution in [2.45, 2.75) is 26.3 Å². The van der Waals surface area contributed by atoms with E-state index in [1.165, 1.54) is 5.56 Å². The van der Waals surface area contributed by atoms with Gasteiger partial charge < -0.3 is 5.32 Å². The zero-order valence-corrected chi connectivity index (χ0v) is 12.5. The zero-order valence-electron chi connectivity index (χ0n) is 11.8. The van der Waals surface area contributed by atoms with Crippen LogP contribution in [0, 0.1) is 12.7 Å². The van der Waals surface area contributed by atoms with E-state index in [-0.39, 0.29) is 11.9 Å². The Hall–Kier alpha value is -1.38. The molecule has 1 nitrogen and oxygen atoms in total. The fourth-order valence-corrected chi connectivity index (χ4v) is 2.36. The molecule has 0 saturated heterocycles. The molecule has 0 bridgehead atoms. The highest BCUT2D eigenvalue weighted by Crippen LogP contribution is 2.21. The lowest BCUT2D eigenvalue weighted by Gasteiger charge is -2.19. The summed E-state index contributed by atoms with van der Waals surface area (Å²) in [6.45, 7) is 4.67. The van der Waals surface area contributed by atoms with E-state index in [1.54, 1.807) is 13.0 Å². The van der Waals surface area contributed by atoms with Crippen LogP contribution in [0.25, 0.3) is 0 Å². The first-order valence-electron chi connectivity index (χ1n) is 6.84. The van der Waals surface area contributed by atoms with Crippen molar-refractivity contribution in [3.8, 4) is 0 Å². The fraction of sp³-hybridized carbons (Fsp3) is 0.294. The van der Waals surface area contributed by atoms with Gasteiger partial charge in [0, 0.05) is 11.1 Å². The van der Waals surface area contributed by atoms with E-state index in [4.69, 9.17) is 11.6 Å². The summed E-state index contributed by atoms with van der Waals surface area (Å²) in [5.74, 6) is -0.151. The second-order valence-corrected chi connectivity index (χ2v) is 5.39. The molecule has 0 heterocycles. The first-order chi connectivity index (χ1) is 9.60. The average Bonchev–Trinajstić information content (AvgIpc) is 2.44. The van der Waals surface area contributed by atoms with Crippen LogP contribution in [0.1, 0.15) is 29.7 Å². The Morgan fingerprint density at radius 3 is 2.45 bits per heavy atom. The Kier molecular flexibility index (Phi) is 5.16. The maximum absolute atomic E-state index is 13.7. The van der Waals surface area contributed by atoms with E-state index in [0.717, 1.165) is 23.6 Å². The molecule has 106 valence electrons. The standard InChI is InChI=1S/C17H19ClFN/c1-3-20-17(10-13-5-8-15(18)9-6-13)14-7-4-12(2)16(19)11-14/h4-9,11,17,20H,3,10H2,1-2H3. The topological polar surface area (TPSA) is 12.0 Å². The molecule has 0 radical (unpaired) electrons. The molecule has 0 aliphatic heterocycles. The van der Waals surface area contributed by atoms with Crippen molar-refractivity contribution in [2.24, 2.45) is 0 Å². The number of rotatable bonds is 5. The van der Waals surface area contributed by atoms with Crippen molar-refractivity contribution in [3.63, 3.8) is 0 Å². The SMILES string of the molecule is CCNC(Cc1ccc(Cl)cc1)c1ccc(C)c(F)c1. The van der Waals surface area contributed by atoms with E-state index in [1.807, 2.05) is 36.4 Å². The number of benzene rings is 2. The van der Waals surface area contributed by atoms with Crippen molar-refractivity contribution < 1.29 is 4.39 Å². The summed E-state index contributed by atoms with van der Waals surface area (Å²) >= 11 is 5.90. The van der Waals surface area contributed by atoms with Crippen LogP contribution in [0.15, 0.2) is 42.5 Å². The Morgan fingerprint density at radius 1 is 1.15 bits per heavy atom. The predicted molar refractivity (Wildman–Crippen MR) is 82.7 cm³/mol. The van der Waals surface area contributed by atoms with Crippen molar-refractivity contribution in [1.82, 2.24) is 5.32 Å². The number of hydrogen-bond donors (Lipinski definition) is 1. The van der Waals surface area contributed by atoms with E-state index in [0.29, 0.717) is 5.56 Å². The fourth-order valence-electron chi connectivity index (χ4n) is 2.24. The van der Waals surface area contributed by atoms with Crippen LogP contribution >= 0.6 is 11.6 Å². The second-order valence-electron chi connectivity index (χ2n) is 4.95. The molecule has 3 heteroatoms. The lowest BCUT2D eigenvalue weighted by Crippen LogP contribution is -2.23. The minimum absolute atomic E-state index is 0.108. The Labute approximate surface area is 124 Å². The Morgan fingerprint density at radius 2 is 1.85 bits per heavy atom. The number of hydrogen-bond acceptors (Lipinski definition) is 1. The minimum atomic E-state index is -0.151. The molecular formula is C17H19ClFN. The third-order valence-corrected chi connectivity index (χ3v) is 3.65. The summed E-state index contributed by atoms with van der Waals surface area (Å²) in [4.78, 5) is 0. The molecule has 2 rings (SSSR count). The van der Waals surface area contributed by atoms with Crippen LogP contribution in [0.2, 0.25) is 5.02 Å². The summed E-state index contributed by atoms with van der Waals surface area (Å²) in [5, 5.41) is 4.14. The van der Waals surface area contributed by atoms with Gasteiger partial charge in [-0.05, 0) is 54.8 Å². The van der Waals surface area contributed by atoms with Gasteiger partial charge in [0.1, 0.15) is 5.82 Å². The van der Waals surface area contributed by atoms with Crippen LogP contribution < -0.4 is 5.32 Å². The van der Waals surface area contributed by atoms with E-state index < -0.39 is 0 Å². The third kappa shape index (κ3) is 3.81. The van der Waals surface area contributed by atoms with Crippen molar-refractivity contribution in [3.05, 3.63) is 70.0 Å². The Balaban J connectivity index is 2.21. The average molecular weight is 292 g/mol. The van der Waals surface area contributed by atoms with Crippen LogP contribution in [-0.4, -0.2) is 6.54 Å². The van der Waals surface area contributed by atoms with Gasteiger partial charge in [-0.2, -0.15) is 0 Å². The number of nitrogens with one attached hydrogen (secondary N) is 1. The summed E-state index contributed by atoms with van der Waals surface area (Å²) < 4.78 is 13.7. The van der Waals surface area contributed by atoms with Crippen molar-refractivity contribution >= 4 is 11.6 Å². The van der Waals surface area contributed by atoms with Crippen LogP contribution in [0.4, 0.5) is 4.39 Å². The lowest BCUT2D eigenvalue weighted by atomic mass is 9.98. The zero-order chi connectivity index (χ0) is 14.5. The lowest BCUT2D eigenvalue weighted by molar-refractivity contribution is 0.541. The van der Waals surface area contributed by atoms with Gasteiger partial charge in [-0.1, -0.05) is 42.8 Å². The van der Waals surface area contributed by atoms with Crippen LogP contribution in [0.5, 0.6) is 0 Å². The van der Waals surface area contributed by atoms with E-state index in [2.05, 4.69) is 12.2 Å². The Bertz CT molecular complexity index is 566. The largest absolute Gasteiger partial charge is 0.310 e. The summed E-state index contributed by atoms with van der Waals surface area (Å²) in [6.07, 6.45) is 0.813. The molecule has 1 unspecified atom stereocenters. The molecule has 0 aliphatic rings. The molecule has 1 N–H and O–H groups in total. The predicted octanol–water partition coefficient (Wildman–Crippen LogP) is 4.68. The first kappa shape index (κ1) is 15.0. The highest BCUT2D eigenvalue weighted by Gasteiger charge is 2.12. The van der Waals surface area contributed by atoms with Gasteiger partial charge in [0.2, 0.25) is 0 Å². The molecule has 0 amide bonds. The highest BCUT2D eigenvalue weighted by atomic mass is 35.5. The molecule has 1 atom stereocenters. The van der Waals surface area contributed by atoms with Gasteiger partial charge in [-0.3, -0.25) is 0 Å². The molecule has 2 aromatic rings. The summed E-state index contributed by atoms with van der Waals surface area (Å²) in [6, 6.07) is 13.3.